The van der Waals surface area contributed by atoms with Crippen molar-refractivity contribution >= 4 is 17.9 Å². The number of esters is 3. The molecule has 1 atom stereocenters. The zero-order chi connectivity index (χ0) is 58.5. The first kappa shape index (κ1) is 76.5. The Kier molecular flexibility index (Phi) is 64.3. The highest BCUT2D eigenvalue weighted by Crippen LogP contribution is 2.15. The van der Waals surface area contributed by atoms with Crippen molar-refractivity contribution in [2.45, 2.75) is 309 Å². The van der Waals surface area contributed by atoms with Gasteiger partial charge in [-0.05, 0) is 141 Å². The number of hydrogen-bond donors (Lipinski definition) is 0. The molecule has 0 bridgehead atoms. The van der Waals surface area contributed by atoms with Crippen LogP contribution in [0.25, 0.3) is 0 Å². The zero-order valence-electron chi connectivity index (χ0n) is 52.8. The molecule has 0 aromatic heterocycles. The molecule has 0 N–H and O–H groups in total. The Balaban J connectivity index is 4.24. The molecule has 0 rings (SSSR count). The average Bonchev–Trinajstić information content (AvgIpc) is 3.46. The van der Waals surface area contributed by atoms with Gasteiger partial charge in [0.2, 0.25) is 0 Å². The molecule has 0 aliphatic heterocycles. The standard InChI is InChI=1S/C75H124O6/c1-4-7-10-13-16-19-22-25-27-28-29-30-31-32-33-34-35-36-37-38-39-40-41-42-43-44-45-46-48-50-53-56-59-62-65-68-74(77)80-71-72(70-79-73(76)67-64-61-58-55-52-49-24-21-18-15-12-9-6-3)81-75(78)69-66-63-60-57-54-51-47-26-23-20-17-14-11-8-5-2/h7,10,16-17,19-21,24-27,29-30,32-33,35-36,38-39,41-42,47,72H,4-6,8-9,11-15,18,22-23,28,31,34,37,40,43-46,48-71H2,1-3H3/b10-7-,19-16-,20-17-,24-21-,27-25-,30-29-,33-32-,36-35-,39-38-,42-41-,47-26-. The summed E-state index contributed by atoms with van der Waals surface area (Å²) in [6, 6.07) is 0. The van der Waals surface area contributed by atoms with Crippen LogP contribution in [0.1, 0.15) is 303 Å². The van der Waals surface area contributed by atoms with E-state index >= 15 is 0 Å². The predicted molar refractivity (Wildman–Crippen MR) is 353 cm³/mol. The third-order valence-corrected chi connectivity index (χ3v) is 14.1. The van der Waals surface area contributed by atoms with Gasteiger partial charge in [-0.25, -0.2) is 0 Å². The highest BCUT2D eigenvalue weighted by atomic mass is 16.6. The fraction of sp³-hybridized carbons (Fsp3) is 0.667. The summed E-state index contributed by atoms with van der Waals surface area (Å²) in [4.78, 5) is 38.3. The SMILES string of the molecule is CC/C=C\C/C=C\C/C=C\C/C=C\C/C=C\C/C=C\C/C=C\C/C=C\CCCCCCCCCCCCC(=O)OCC(COC(=O)CCCCCCC/C=C\CCCCCC)OC(=O)CCCCCCC/C=C\C/C=C\CCCCC. The first-order chi connectivity index (χ1) is 40.0. The summed E-state index contributed by atoms with van der Waals surface area (Å²) >= 11 is 0. The normalized spacial score (nSPS) is 13.0. The fourth-order valence-electron chi connectivity index (χ4n) is 9.07. The number of hydrogen-bond acceptors (Lipinski definition) is 6. The predicted octanol–water partition coefficient (Wildman–Crippen LogP) is 23.3. The lowest BCUT2D eigenvalue weighted by Gasteiger charge is -2.18. The van der Waals surface area contributed by atoms with E-state index in [1.807, 2.05) is 0 Å². The van der Waals surface area contributed by atoms with Crippen molar-refractivity contribution in [3.05, 3.63) is 134 Å². The van der Waals surface area contributed by atoms with Gasteiger partial charge in [0, 0.05) is 19.3 Å². The second-order valence-electron chi connectivity index (χ2n) is 22.0. The van der Waals surface area contributed by atoms with Crippen molar-refractivity contribution in [1.29, 1.82) is 0 Å². The molecular formula is C75H124O6. The van der Waals surface area contributed by atoms with Crippen molar-refractivity contribution in [3.63, 3.8) is 0 Å². The molecule has 0 aliphatic carbocycles. The van der Waals surface area contributed by atoms with Crippen LogP contribution in [0.15, 0.2) is 134 Å². The van der Waals surface area contributed by atoms with E-state index in [2.05, 4.69) is 154 Å². The van der Waals surface area contributed by atoms with E-state index in [-0.39, 0.29) is 31.1 Å². The highest BCUT2D eigenvalue weighted by Gasteiger charge is 2.19. The van der Waals surface area contributed by atoms with Crippen LogP contribution >= 0.6 is 0 Å². The smallest absolute Gasteiger partial charge is 0.306 e. The number of carbonyl (C=O) groups excluding carboxylic acids is 3. The van der Waals surface area contributed by atoms with Crippen molar-refractivity contribution in [2.75, 3.05) is 13.2 Å². The van der Waals surface area contributed by atoms with Gasteiger partial charge in [0.1, 0.15) is 13.2 Å². The lowest BCUT2D eigenvalue weighted by atomic mass is 10.1. The molecule has 81 heavy (non-hydrogen) atoms. The van der Waals surface area contributed by atoms with Gasteiger partial charge in [0.25, 0.3) is 0 Å². The van der Waals surface area contributed by atoms with Crippen LogP contribution in [0.2, 0.25) is 0 Å². The van der Waals surface area contributed by atoms with Crippen molar-refractivity contribution in [2.24, 2.45) is 0 Å². The molecule has 0 radical (unpaired) electrons. The van der Waals surface area contributed by atoms with Gasteiger partial charge in [-0.15, -0.1) is 0 Å². The molecule has 0 aromatic rings. The Hall–Kier alpha value is -4.45. The van der Waals surface area contributed by atoms with E-state index in [0.29, 0.717) is 19.3 Å². The Morgan fingerprint density at radius 3 is 0.790 bits per heavy atom. The summed E-state index contributed by atoms with van der Waals surface area (Å²) in [7, 11) is 0. The Labute approximate surface area is 500 Å². The molecule has 0 heterocycles. The molecular weight excluding hydrogens is 997 g/mol. The molecule has 0 fully saturated rings. The molecule has 0 saturated carbocycles. The number of allylic oxidation sites excluding steroid dienone is 22. The largest absolute Gasteiger partial charge is 0.462 e. The minimum atomic E-state index is -0.794. The molecule has 460 valence electrons. The van der Waals surface area contributed by atoms with Gasteiger partial charge in [-0.1, -0.05) is 276 Å². The summed E-state index contributed by atoms with van der Waals surface area (Å²) in [5.41, 5.74) is 0. The van der Waals surface area contributed by atoms with Crippen LogP contribution in [0.5, 0.6) is 0 Å². The van der Waals surface area contributed by atoms with Gasteiger partial charge in [-0.3, -0.25) is 14.4 Å². The number of carbonyl (C=O) groups is 3. The van der Waals surface area contributed by atoms with Crippen LogP contribution in [0.3, 0.4) is 0 Å². The first-order valence-corrected chi connectivity index (χ1v) is 33.7. The van der Waals surface area contributed by atoms with E-state index in [9.17, 15) is 14.4 Å². The molecule has 6 nitrogen and oxygen atoms in total. The molecule has 6 heteroatoms. The lowest BCUT2D eigenvalue weighted by Crippen LogP contribution is -2.30. The van der Waals surface area contributed by atoms with E-state index in [0.717, 1.165) is 148 Å². The van der Waals surface area contributed by atoms with Gasteiger partial charge < -0.3 is 14.2 Å². The van der Waals surface area contributed by atoms with Gasteiger partial charge in [-0.2, -0.15) is 0 Å². The quantitative estimate of drug-likeness (QED) is 0.0261. The number of unbranched alkanes of at least 4 members (excludes halogenated alkanes) is 27. The number of ether oxygens (including phenoxy) is 3. The zero-order valence-corrected chi connectivity index (χ0v) is 52.8. The van der Waals surface area contributed by atoms with Crippen molar-refractivity contribution < 1.29 is 28.6 Å². The van der Waals surface area contributed by atoms with E-state index in [4.69, 9.17) is 14.2 Å². The Morgan fingerprint density at radius 1 is 0.259 bits per heavy atom. The first-order valence-electron chi connectivity index (χ1n) is 33.7. The maximum Gasteiger partial charge on any atom is 0.306 e. The van der Waals surface area contributed by atoms with Gasteiger partial charge in [0.15, 0.2) is 6.10 Å². The van der Waals surface area contributed by atoms with E-state index in [1.165, 1.54) is 116 Å². The Morgan fingerprint density at radius 2 is 0.481 bits per heavy atom. The van der Waals surface area contributed by atoms with Gasteiger partial charge >= 0.3 is 17.9 Å². The van der Waals surface area contributed by atoms with E-state index in [1.54, 1.807) is 0 Å². The minimum Gasteiger partial charge on any atom is -0.462 e. The highest BCUT2D eigenvalue weighted by molar-refractivity contribution is 5.71. The molecule has 0 spiro atoms. The maximum absolute atomic E-state index is 12.9. The number of rotatable bonds is 60. The minimum absolute atomic E-state index is 0.0901. The summed E-state index contributed by atoms with van der Waals surface area (Å²) in [6.45, 7) is 6.47. The molecule has 0 aromatic carbocycles. The summed E-state index contributed by atoms with van der Waals surface area (Å²) < 4.78 is 16.9. The third kappa shape index (κ3) is 66.2. The third-order valence-electron chi connectivity index (χ3n) is 14.1. The van der Waals surface area contributed by atoms with Crippen LogP contribution in [0.4, 0.5) is 0 Å². The van der Waals surface area contributed by atoms with Crippen LogP contribution in [0, 0.1) is 0 Å². The molecule has 0 aliphatic rings. The monoisotopic (exact) mass is 1120 g/mol. The average molecular weight is 1120 g/mol. The van der Waals surface area contributed by atoms with Crippen molar-refractivity contribution in [3.8, 4) is 0 Å². The van der Waals surface area contributed by atoms with Crippen LogP contribution < -0.4 is 0 Å². The molecule has 0 amide bonds. The molecule has 0 saturated heterocycles. The van der Waals surface area contributed by atoms with Crippen LogP contribution in [-0.4, -0.2) is 37.2 Å². The lowest BCUT2D eigenvalue weighted by molar-refractivity contribution is -0.167. The van der Waals surface area contributed by atoms with Gasteiger partial charge in [0.05, 0.1) is 0 Å². The maximum atomic E-state index is 12.9. The van der Waals surface area contributed by atoms with Crippen molar-refractivity contribution in [1.82, 2.24) is 0 Å². The van der Waals surface area contributed by atoms with E-state index < -0.39 is 6.10 Å². The summed E-state index contributed by atoms with van der Waals surface area (Å²) in [6.07, 6.45) is 96.1. The second kappa shape index (κ2) is 68.1. The summed E-state index contributed by atoms with van der Waals surface area (Å²) in [5, 5.41) is 0. The second-order valence-corrected chi connectivity index (χ2v) is 22.0. The topological polar surface area (TPSA) is 78.9 Å². The summed E-state index contributed by atoms with van der Waals surface area (Å²) in [5.74, 6) is -0.913. The van der Waals surface area contributed by atoms with Crippen LogP contribution in [-0.2, 0) is 28.6 Å². The Bertz CT molecular complexity index is 1720. The fourth-order valence-corrected chi connectivity index (χ4v) is 9.07. The molecule has 1 unspecified atom stereocenters.